The maximum Gasteiger partial charge on any atom is 0.0669 e. The SMILES string of the molecule is N#CCc1cccc2c1CCS2. The quantitative estimate of drug-likeness (QED) is 0.654. The van der Waals surface area contributed by atoms with Crippen molar-refractivity contribution in [2.75, 3.05) is 5.75 Å². The van der Waals surface area contributed by atoms with Gasteiger partial charge in [-0.2, -0.15) is 5.26 Å². The maximum atomic E-state index is 8.59. The Morgan fingerprint density at radius 3 is 3.25 bits per heavy atom. The summed E-state index contributed by atoms with van der Waals surface area (Å²) in [6, 6.07) is 8.46. The predicted molar refractivity (Wildman–Crippen MR) is 50.2 cm³/mol. The molecular weight excluding hydrogens is 166 g/mol. The van der Waals surface area contributed by atoms with E-state index in [2.05, 4.69) is 18.2 Å². The molecule has 12 heavy (non-hydrogen) atoms. The zero-order valence-electron chi connectivity index (χ0n) is 6.71. The van der Waals surface area contributed by atoms with E-state index < -0.39 is 0 Å². The first-order chi connectivity index (χ1) is 5.92. The van der Waals surface area contributed by atoms with Crippen LogP contribution in [0.1, 0.15) is 11.1 Å². The standard InChI is InChI=1S/C10H9NS/c11-6-4-8-2-1-3-10-9(8)5-7-12-10/h1-3H,4-5,7H2. The van der Waals surface area contributed by atoms with Crippen LogP contribution in [0.2, 0.25) is 0 Å². The van der Waals surface area contributed by atoms with Crippen LogP contribution in [0, 0.1) is 11.3 Å². The van der Waals surface area contributed by atoms with Gasteiger partial charge in [0.25, 0.3) is 0 Å². The molecule has 1 heterocycles. The van der Waals surface area contributed by atoms with E-state index in [0.717, 1.165) is 6.42 Å². The minimum Gasteiger partial charge on any atom is -0.198 e. The topological polar surface area (TPSA) is 23.8 Å². The molecule has 0 spiro atoms. The van der Waals surface area contributed by atoms with Crippen LogP contribution in [0.3, 0.4) is 0 Å². The lowest BCUT2D eigenvalue weighted by Crippen LogP contribution is -1.90. The molecule has 0 bridgehead atoms. The third kappa shape index (κ3) is 1.21. The summed E-state index contributed by atoms with van der Waals surface area (Å²) in [4.78, 5) is 1.38. The van der Waals surface area contributed by atoms with Crippen LogP contribution in [-0.2, 0) is 12.8 Å². The summed E-state index contributed by atoms with van der Waals surface area (Å²) in [5.41, 5.74) is 2.63. The van der Waals surface area contributed by atoms with Gasteiger partial charge in [-0.05, 0) is 23.6 Å². The molecule has 1 nitrogen and oxygen atoms in total. The van der Waals surface area contributed by atoms with Gasteiger partial charge in [-0.3, -0.25) is 0 Å². The lowest BCUT2D eigenvalue weighted by Gasteiger charge is -2.02. The van der Waals surface area contributed by atoms with Crippen LogP contribution < -0.4 is 0 Å². The van der Waals surface area contributed by atoms with Gasteiger partial charge in [-0.15, -0.1) is 11.8 Å². The molecule has 1 aliphatic heterocycles. The van der Waals surface area contributed by atoms with E-state index in [-0.39, 0.29) is 0 Å². The third-order valence-corrected chi connectivity index (χ3v) is 3.21. The molecular formula is C10H9NS. The Balaban J connectivity index is 2.44. The van der Waals surface area contributed by atoms with Crippen LogP contribution >= 0.6 is 11.8 Å². The second-order valence-corrected chi connectivity index (χ2v) is 3.96. The average molecular weight is 175 g/mol. The Kier molecular flexibility index (Phi) is 2.05. The summed E-state index contributed by atoms with van der Waals surface area (Å²) >= 11 is 1.90. The number of rotatable bonds is 1. The van der Waals surface area contributed by atoms with Gasteiger partial charge in [0.15, 0.2) is 0 Å². The number of nitriles is 1. The molecule has 1 aromatic carbocycles. The number of nitrogens with zero attached hydrogens (tertiary/aromatic N) is 1. The lowest BCUT2D eigenvalue weighted by molar-refractivity contribution is 1.08. The highest BCUT2D eigenvalue weighted by Gasteiger charge is 2.13. The molecule has 0 saturated carbocycles. The molecule has 0 aliphatic carbocycles. The lowest BCUT2D eigenvalue weighted by atomic mass is 10.0. The van der Waals surface area contributed by atoms with E-state index in [4.69, 9.17) is 5.26 Å². The van der Waals surface area contributed by atoms with Gasteiger partial charge in [-0.1, -0.05) is 12.1 Å². The molecule has 2 heteroatoms. The molecule has 0 N–H and O–H groups in total. The first kappa shape index (κ1) is 7.70. The van der Waals surface area contributed by atoms with Crippen molar-refractivity contribution in [2.24, 2.45) is 0 Å². The van der Waals surface area contributed by atoms with E-state index in [9.17, 15) is 0 Å². The molecule has 60 valence electrons. The molecule has 1 aromatic rings. The van der Waals surface area contributed by atoms with Gasteiger partial charge in [0, 0.05) is 10.6 Å². The summed E-state index contributed by atoms with van der Waals surface area (Å²) in [6.07, 6.45) is 1.70. The summed E-state index contributed by atoms with van der Waals surface area (Å²) < 4.78 is 0. The average Bonchev–Trinajstić information content (AvgIpc) is 2.53. The van der Waals surface area contributed by atoms with Crippen molar-refractivity contribution in [1.82, 2.24) is 0 Å². The minimum atomic E-state index is 0.559. The van der Waals surface area contributed by atoms with E-state index in [1.165, 1.54) is 21.8 Å². The van der Waals surface area contributed by atoms with Crippen molar-refractivity contribution in [3.8, 4) is 6.07 Å². The fourth-order valence-corrected chi connectivity index (χ4v) is 2.65. The predicted octanol–water partition coefficient (Wildman–Crippen LogP) is 2.40. The fraction of sp³-hybridized carbons (Fsp3) is 0.300. The zero-order chi connectivity index (χ0) is 8.39. The summed E-state index contributed by atoms with van der Waals surface area (Å²) in [5, 5.41) is 8.59. The van der Waals surface area contributed by atoms with Gasteiger partial charge >= 0.3 is 0 Å². The van der Waals surface area contributed by atoms with Crippen molar-refractivity contribution >= 4 is 11.8 Å². The Labute approximate surface area is 76.4 Å². The number of fused-ring (bicyclic) bond motifs is 1. The third-order valence-electron chi connectivity index (χ3n) is 2.11. The summed E-state index contributed by atoms with van der Waals surface area (Å²) in [5.74, 6) is 1.18. The van der Waals surface area contributed by atoms with Crippen LogP contribution in [0.5, 0.6) is 0 Å². The molecule has 0 aromatic heterocycles. The normalized spacial score (nSPS) is 13.9. The molecule has 0 unspecified atom stereocenters. The number of hydrogen-bond donors (Lipinski definition) is 0. The van der Waals surface area contributed by atoms with Crippen molar-refractivity contribution in [2.45, 2.75) is 17.7 Å². The molecule has 2 rings (SSSR count). The van der Waals surface area contributed by atoms with Crippen LogP contribution in [-0.4, -0.2) is 5.75 Å². The van der Waals surface area contributed by atoms with Gasteiger partial charge < -0.3 is 0 Å². The number of benzene rings is 1. The van der Waals surface area contributed by atoms with Gasteiger partial charge in [-0.25, -0.2) is 0 Å². The van der Waals surface area contributed by atoms with Crippen molar-refractivity contribution < 1.29 is 0 Å². The molecule has 0 radical (unpaired) electrons. The van der Waals surface area contributed by atoms with E-state index in [1.807, 2.05) is 17.8 Å². The zero-order valence-corrected chi connectivity index (χ0v) is 7.53. The highest BCUT2D eigenvalue weighted by atomic mass is 32.2. The van der Waals surface area contributed by atoms with Crippen molar-refractivity contribution in [3.63, 3.8) is 0 Å². The monoisotopic (exact) mass is 175 g/mol. The van der Waals surface area contributed by atoms with Crippen LogP contribution in [0.25, 0.3) is 0 Å². The molecule has 0 saturated heterocycles. The minimum absolute atomic E-state index is 0.559. The Hall–Kier alpha value is -0.940. The van der Waals surface area contributed by atoms with Gasteiger partial charge in [0.1, 0.15) is 0 Å². The van der Waals surface area contributed by atoms with E-state index >= 15 is 0 Å². The summed E-state index contributed by atoms with van der Waals surface area (Å²) in [7, 11) is 0. The van der Waals surface area contributed by atoms with Crippen LogP contribution in [0.4, 0.5) is 0 Å². The van der Waals surface area contributed by atoms with Crippen molar-refractivity contribution in [3.05, 3.63) is 29.3 Å². The Morgan fingerprint density at radius 1 is 1.50 bits per heavy atom. The second-order valence-electron chi connectivity index (χ2n) is 2.83. The molecule has 0 fully saturated rings. The maximum absolute atomic E-state index is 8.59. The Morgan fingerprint density at radius 2 is 2.42 bits per heavy atom. The highest BCUT2D eigenvalue weighted by molar-refractivity contribution is 7.99. The number of thioether (sulfide) groups is 1. The summed E-state index contributed by atoms with van der Waals surface area (Å²) in [6.45, 7) is 0. The smallest absolute Gasteiger partial charge is 0.0669 e. The molecule has 1 aliphatic rings. The molecule has 0 atom stereocenters. The Bertz CT molecular complexity index is 338. The van der Waals surface area contributed by atoms with Gasteiger partial charge in [0.2, 0.25) is 0 Å². The van der Waals surface area contributed by atoms with E-state index in [1.54, 1.807) is 0 Å². The molecule has 0 amide bonds. The number of hydrogen-bond acceptors (Lipinski definition) is 2. The van der Waals surface area contributed by atoms with Crippen molar-refractivity contribution in [1.29, 1.82) is 5.26 Å². The first-order valence-corrected chi connectivity index (χ1v) is 5.01. The van der Waals surface area contributed by atoms with Gasteiger partial charge in [0.05, 0.1) is 12.5 Å². The van der Waals surface area contributed by atoms with E-state index in [0.29, 0.717) is 6.42 Å². The van der Waals surface area contributed by atoms with Crippen LogP contribution in [0.15, 0.2) is 23.1 Å². The second kappa shape index (κ2) is 3.20. The first-order valence-electron chi connectivity index (χ1n) is 4.02. The fourth-order valence-electron chi connectivity index (χ4n) is 1.54. The highest BCUT2D eigenvalue weighted by Crippen LogP contribution is 2.33. The largest absolute Gasteiger partial charge is 0.198 e.